The number of methoxy groups -OCH3 is 1. The predicted molar refractivity (Wildman–Crippen MR) is 101 cm³/mol. The van der Waals surface area contributed by atoms with Gasteiger partial charge in [-0.25, -0.2) is 8.42 Å². The zero-order valence-corrected chi connectivity index (χ0v) is 16.3. The fourth-order valence-electron chi connectivity index (χ4n) is 2.85. The lowest BCUT2D eigenvalue weighted by atomic mass is 10.1. The van der Waals surface area contributed by atoms with Crippen LogP contribution in [0.3, 0.4) is 0 Å². The van der Waals surface area contributed by atoms with Gasteiger partial charge < -0.3 is 27.7 Å². The summed E-state index contributed by atoms with van der Waals surface area (Å²) >= 11 is 0. The molecule has 0 fully saturated rings. The minimum absolute atomic E-state index is 0.000439. The first-order valence-corrected chi connectivity index (χ1v) is 9.48. The van der Waals surface area contributed by atoms with E-state index in [2.05, 4.69) is 4.99 Å². The molecule has 0 saturated carbocycles. The van der Waals surface area contributed by atoms with Crippen LogP contribution in [0, 0.1) is 20.8 Å². The van der Waals surface area contributed by atoms with Gasteiger partial charge in [0.2, 0.25) is 5.91 Å². The third kappa shape index (κ3) is 4.44. The molecule has 2 atom stereocenters. The van der Waals surface area contributed by atoms with Crippen LogP contribution in [-0.2, 0) is 14.6 Å². The van der Waals surface area contributed by atoms with Crippen LogP contribution in [-0.4, -0.2) is 45.2 Å². The molecule has 0 spiro atoms. The molecule has 1 rings (SSSR count). The zero-order valence-electron chi connectivity index (χ0n) is 15.4. The Morgan fingerprint density at radius 3 is 2.23 bits per heavy atom. The van der Waals surface area contributed by atoms with E-state index in [0.29, 0.717) is 22.4 Å². The number of hydrogen-bond acceptors (Lipinski definition) is 6. The van der Waals surface area contributed by atoms with Crippen molar-refractivity contribution < 1.29 is 17.9 Å². The van der Waals surface area contributed by atoms with E-state index in [1.807, 2.05) is 0 Å². The highest BCUT2D eigenvalue weighted by atomic mass is 32.2. The quantitative estimate of drug-likeness (QED) is 0.335. The Kier molecular flexibility index (Phi) is 6.99. The summed E-state index contributed by atoms with van der Waals surface area (Å²) in [6.07, 6.45) is -0.0473. The first kappa shape index (κ1) is 21.7. The van der Waals surface area contributed by atoms with Gasteiger partial charge in [-0.3, -0.25) is 9.79 Å². The summed E-state index contributed by atoms with van der Waals surface area (Å²) in [5.74, 6) is -0.513. The molecule has 1 amide bonds. The molecule has 8 N–H and O–H groups in total. The van der Waals surface area contributed by atoms with Gasteiger partial charge in [-0.15, -0.1) is 0 Å². The molecule has 10 heteroatoms. The van der Waals surface area contributed by atoms with Crippen molar-refractivity contribution in [3.63, 3.8) is 0 Å². The molecule has 0 bridgehead atoms. The van der Waals surface area contributed by atoms with Crippen LogP contribution < -0.4 is 27.7 Å². The lowest BCUT2D eigenvalue weighted by Crippen LogP contribution is -2.50. The summed E-state index contributed by atoms with van der Waals surface area (Å²) in [5, 5.41) is -1.26. The zero-order chi connectivity index (χ0) is 20.2. The second-order valence-corrected chi connectivity index (χ2v) is 8.19. The van der Waals surface area contributed by atoms with Crippen LogP contribution >= 0.6 is 0 Å². The average molecular weight is 385 g/mol. The molecule has 0 aromatic heterocycles. The van der Waals surface area contributed by atoms with Gasteiger partial charge in [-0.1, -0.05) is 0 Å². The number of guanidine groups is 1. The summed E-state index contributed by atoms with van der Waals surface area (Å²) < 4.78 is 31.9. The fraction of sp³-hybridized carbons (Fsp3) is 0.500. The number of nitrogens with zero attached hydrogens (tertiary/aromatic N) is 1. The molecular formula is C16H27N5O4S. The lowest BCUT2D eigenvalue weighted by Gasteiger charge is -2.24. The number of carbonyl (C=O) groups excluding carboxylic acids is 1. The van der Waals surface area contributed by atoms with Crippen LogP contribution in [0.5, 0.6) is 5.75 Å². The number of rotatable bonds is 8. The second-order valence-electron chi connectivity index (χ2n) is 6.08. The van der Waals surface area contributed by atoms with E-state index in [4.69, 9.17) is 27.7 Å². The number of carbonyl (C=O) groups is 1. The lowest BCUT2D eigenvalue weighted by molar-refractivity contribution is -0.119. The molecule has 0 saturated heterocycles. The van der Waals surface area contributed by atoms with Gasteiger partial charge in [-0.2, -0.15) is 0 Å². The summed E-state index contributed by atoms with van der Waals surface area (Å²) in [7, 11) is -2.47. The van der Waals surface area contributed by atoms with Crippen molar-refractivity contribution in [2.75, 3.05) is 13.7 Å². The van der Waals surface area contributed by atoms with E-state index in [1.54, 1.807) is 26.8 Å². The number of aryl methyl sites for hydroxylation is 1. The third-order valence-corrected chi connectivity index (χ3v) is 6.84. The molecule has 1 unspecified atom stereocenters. The van der Waals surface area contributed by atoms with Gasteiger partial charge in [0.15, 0.2) is 15.8 Å². The molecule has 0 heterocycles. The van der Waals surface area contributed by atoms with Crippen molar-refractivity contribution in [2.24, 2.45) is 27.9 Å². The number of benzene rings is 1. The monoisotopic (exact) mass is 385 g/mol. The number of amides is 1. The standard InChI is InChI=1S/C16H27N5O4S/c1-8-7-11(25-4)9(2)10(3)14(8)26(23,24)12(13(17)15(18)22)5-6-21-16(19)20/h7,12-13H,5-6,17H2,1-4H3,(H2,18,22)(H4,19,20,21)/t12?,13-/m0/s1. The Hall–Kier alpha value is -2.33. The average Bonchev–Trinajstić information content (AvgIpc) is 2.53. The number of ether oxygens (including phenoxy) is 1. The van der Waals surface area contributed by atoms with E-state index >= 15 is 0 Å². The molecule has 1 aromatic carbocycles. The molecule has 0 radical (unpaired) electrons. The summed E-state index contributed by atoms with van der Waals surface area (Å²) in [4.78, 5) is 15.5. The van der Waals surface area contributed by atoms with E-state index in [-0.39, 0.29) is 23.8 Å². The van der Waals surface area contributed by atoms with Crippen LogP contribution in [0.25, 0.3) is 0 Å². The van der Waals surface area contributed by atoms with Crippen LogP contribution in [0.2, 0.25) is 0 Å². The molecular weight excluding hydrogens is 358 g/mol. The maximum absolute atomic E-state index is 13.3. The molecule has 1 aromatic rings. The SMILES string of the molecule is COc1cc(C)c(S(=O)(=O)C(CCN=C(N)N)[C@H](N)C(N)=O)c(C)c1C. The first-order valence-electron chi connectivity index (χ1n) is 7.94. The van der Waals surface area contributed by atoms with Crippen molar-refractivity contribution in [1.82, 2.24) is 0 Å². The van der Waals surface area contributed by atoms with Crippen molar-refractivity contribution >= 4 is 21.7 Å². The predicted octanol–water partition coefficient (Wildman–Crippen LogP) is -0.761. The minimum atomic E-state index is -3.98. The largest absolute Gasteiger partial charge is 0.496 e. The molecule has 26 heavy (non-hydrogen) atoms. The smallest absolute Gasteiger partial charge is 0.235 e. The van der Waals surface area contributed by atoms with Crippen LogP contribution in [0.4, 0.5) is 0 Å². The van der Waals surface area contributed by atoms with Gasteiger partial charge in [0.25, 0.3) is 0 Å². The normalized spacial score (nSPS) is 13.7. The molecule has 0 aliphatic carbocycles. The maximum atomic E-state index is 13.3. The van der Waals surface area contributed by atoms with Gasteiger partial charge in [-0.05, 0) is 49.9 Å². The Morgan fingerprint density at radius 1 is 1.19 bits per heavy atom. The van der Waals surface area contributed by atoms with Crippen molar-refractivity contribution in [2.45, 2.75) is 43.4 Å². The number of sulfone groups is 1. The van der Waals surface area contributed by atoms with Gasteiger partial charge >= 0.3 is 0 Å². The molecule has 0 aliphatic rings. The van der Waals surface area contributed by atoms with Gasteiger partial charge in [0, 0.05) is 6.54 Å². The molecule has 0 aliphatic heterocycles. The van der Waals surface area contributed by atoms with E-state index in [0.717, 1.165) is 0 Å². The third-order valence-electron chi connectivity index (χ3n) is 4.32. The highest BCUT2D eigenvalue weighted by Crippen LogP contribution is 2.33. The summed E-state index contributed by atoms with van der Waals surface area (Å²) in [5.41, 5.74) is 23.3. The van der Waals surface area contributed by atoms with Crippen molar-refractivity contribution in [3.05, 3.63) is 22.8 Å². The maximum Gasteiger partial charge on any atom is 0.235 e. The van der Waals surface area contributed by atoms with Crippen LogP contribution in [0.1, 0.15) is 23.1 Å². The van der Waals surface area contributed by atoms with Gasteiger partial charge in [0.1, 0.15) is 11.8 Å². The highest BCUT2D eigenvalue weighted by molar-refractivity contribution is 7.92. The topological polar surface area (TPSA) is 177 Å². The summed E-state index contributed by atoms with van der Waals surface area (Å²) in [6.45, 7) is 5.10. The Labute approximate surface area is 153 Å². The Balaban J connectivity index is 3.52. The van der Waals surface area contributed by atoms with E-state index in [1.165, 1.54) is 7.11 Å². The summed E-state index contributed by atoms with van der Waals surface area (Å²) in [6, 6.07) is 0.244. The highest BCUT2D eigenvalue weighted by Gasteiger charge is 2.37. The number of nitrogens with two attached hydrogens (primary N) is 4. The number of hydrogen-bond donors (Lipinski definition) is 4. The van der Waals surface area contributed by atoms with Crippen molar-refractivity contribution in [1.29, 1.82) is 0 Å². The molecule has 146 valence electrons. The van der Waals surface area contributed by atoms with E-state index in [9.17, 15) is 13.2 Å². The van der Waals surface area contributed by atoms with E-state index < -0.39 is 27.0 Å². The van der Waals surface area contributed by atoms with Gasteiger partial charge in [0.05, 0.1) is 17.3 Å². The number of primary amides is 1. The minimum Gasteiger partial charge on any atom is -0.496 e. The Bertz CT molecular complexity index is 816. The van der Waals surface area contributed by atoms with Crippen LogP contribution in [0.15, 0.2) is 16.0 Å². The first-order chi connectivity index (χ1) is 11.9. The Morgan fingerprint density at radius 2 is 1.77 bits per heavy atom. The van der Waals surface area contributed by atoms with Crippen molar-refractivity contribution in [3.8, 4) is 5.75 Å². The second kappa shape index (κ2) is 8.37. The molecule has 9 nitrogen and oxygen atoms in total. The number of aliphatic imine (C=N–C) groups is 1. The fourth-order valence-corrected chi connectivity index (χ4v) is 5.18.